The van der Waals surface area contributed by atoms with E-state index in [2.05, 4.69) is 10.6 Å². The van der Waals surface area contributed by atoms with Gasteiger partial charge >= 0.3 is 12.1 Å². The van der Waals surface area contributed by atoms with Crippen LogP contribution in [0.3, 0.4) is 0 Å². The minimum Gasteiger partial charge on any atom is -0.460 e. The predicted octanol–water partition coefficient (Wildman–Crippen LogP) is 3.38. The minimum atomic E-state index is -1.46. The first-order chi connectivity index (χ1) is 14.7. The average Bonchev–Trinajstić information content (AvgIpc) is 2.68. The Morgan fingerprint density at radius 1 is 0.969 bits per heavy atom. The number of alkyl carbamates (subject to hydrolysis) is 1. The molecule has 0 saturated heterocycles. The van der Waals surface area contributed by atoms with Crippen molar-refractivity contribution in [2.75, 3.05) is 6.54 Å². The normalized spacial score (nSPS) is 12.6. The highest BCUT2D eigenvalue weighted by Gasteiger charge is 2.42. The summed E-state index contributed by atoms with van der Waals surface area (Å²) in [7, 11) is 0. The molecule has 8 nitrogen and oxygen atoms in total. The van der Waals surface area contributed by atoms with Crippen molar-refractivity contribution in [2.24, 2.45) is 11.3 Å². The summed E-state index contributed by atoms with van der Waals surface area (Å²) < 4.78 is 10.4. The predicted molar refractivity (Wildman–Crippen MR) is 121 cm³/mol. The van der Waals surface area contributed by atoms with Gasteiger partial charge in [-0.15, -0.1) is 0 Å². The van der Waals surface area contributed by atoms with Crippen LogP contribution in [0.1, 0.15) is 60.5 Å². The molecule has 0 spiro atoms. The Morgan fingerprint density at radius 3 is 2.09 bits per heavy atom. The van der Waals surface area contributed by atoms with Gasteiger partial charge in [-0.2, -0.15) is 0 Å². The third-order valence-electron chi connectivity index (χ3n) is 4.49. The van der Waals surface area contributed by atoms with Crippen LogP contribution < -0.4 is 10.6 Å². The zero-order valence-electron chi connectivity index (χ0n) is 20.1. The van der Waals surface area contributed by atoms with Gasteiger partial charge in [0.05, 0.1) is 6.04 Å². The maximum Gasteiger partial charge on any atom is 0.408 e. The summed E-state index contributed by atoms with van der Waals surface area (Å²) >= 11 is 0. The van der Waals surface area contributed by atoms with E-state index in [1.807, 2.05) is 44.2 Å². The molecule has 1 atom stereocenters. The van der Waals surface area contributed by atoms with Crippen LogP contribution in [0.15, 0.2) is 30.3 Å². The summed E-state index contributed by atoms with van der Waals surface area (Å²) in [5, 5.41) is 5.00. The minimum absolute atomic E-state index is 0.0530. The SMILES string of the molecule is CC(C)CC(NC(=O)CNC(=O)OC(C)(C)C)C(=O)C(C)(C)C(=O)OCc1ccccc1. The lowest BCUT2D eigenvalue weighted by molar-refractivity contribution is -0.160. The molecular weight excluding hydrogens is 412 g/mol. The van der Waals surface area contributed by atoms with Crippen molar-refractivity contribution in [3.05, 3.63) is 35.9 Å². The fraction of sp³-hybridized carbons (Fsp3) is 0.583. The Labute approximate surface area is 190 Å². The summed E-state index contributed by atoms with van der Waals surface area (Å²) in [5.74, 6) is -1.58. The van der Waals surface area contributed by atoms with Gasteiger partial charge in [0.2, 0.25) is 5.91 Å². The molecule has 32 heavy (non-hydrogen) atoms. The lowest BCUT2D eigenvalue weighted by atomic mass is 9.81. The number of carbonyl (C=O) groups is 4. The summed E-state index contributed by atoms with van der Waals surface area (Å²) in [6.07, 6.45) is -0.393. The lowest BCUT2D eigenvalue weighted by Crippen LogP contribution is -2.52. The number of carbonyl (C=O) groups excluding carboxylic acids is 4. The van der Waals surface area contributed by atoms with E-state index >= 15 is 0 Å². The molecule has 1 aromatic carbocycles. The van der Waals surface area contributed by atoms with Crippen LogP contribution in [-0.2, 0) is 30.5 Å². The molecule has 0 aliphatic carbocycles. The third kappa shape index (κ3) is 9.49. The highest BCUT2D eigenvalue weighted by atomic mass is 16.6. The standard InChI is InChI=1S/C24H36N2O6/c1-16(2)13-18(26-19(27)14-25-22(30)32-23(3,4)5)20(28)24(6,7)21(29)31-15-17-11-9-8-10-12-17/h8-12,16,18H,13-15H2,1-7H3,(H,25,30)(H,26,27). The van der Waals surface area contributed by atoms with Crippen molar-refractivity contribution in [3.8, 4) is 0 Å². The second kappa shape index (κ2) is 11.6. The Kier molecular flexibility index (Phi) is 9.87. The summed E-state index contributed by atoms with van der Waals surface area (Å²) in [4.78, 5) is 50.0. The highest BCUT2D eigenvalue weighted by Crippen LogP contribution is 2.24. The number of hydrogen-bond acceptors (Lipinski definition) is 6. The van der Waals surface area contributed by atoms with Gasteiger partial charge in [0.25, 0.3) is 0 Å². The van der Waals surface area contributed by atoms with Gasteiger partial charge in [0.15, 0.2) is 5.78 Å². The molecule has 0 aromatic heterocycles. The van der Waals surface area contributed by atoms with Crippen molar-refractivity contribution in [1.82, 2.24) is 10.6 Å². The molecule has 1 aromatic rings. The number of benzene rings is 1. The molecule has 1 unspecified atom stereocenters. The summed E-state index contributed by atoms with van der Waals surface area (Å²) in [5.41, 5.74) is -1.34. The molecule has 2 N–H and O–H groups in total. The molecule has 0 fully saturated rings. The number of esters is 1. The molecular formula is C24H36N2O6. The smallest absolute Gasteiger partial charge is 0.408 e. The van der Waals surface area contributed by atoms with Crippen LogP contribution in [0, 0.1) is 11.3 Å². The summed E-state index contributed by atoms with van der Waals surface area (Å²) in [6, 6.07) is 8.26. The van der Waals surface area contributed by atoms with E-state index in [4.69, 9.17) is 9.47 Å². The van der Waals surface area contributed by atoms with E-state index in [0.29, 0.717) is 6.42 Å². The quantitative estimate of drug-likeness (QED) is 0.419. The molecule has 8 heteroatoms. The van der Waals surface area contributed by atoms with Gasteiger partial charge in [-0.3, -0.25) is 14.4 Å². The van der Waals surface area contributed by atoms with Crippen molar-refractivity contribution >= 4 is 23.8 Å². The van der Waals surface area contributed by atoms with Crippen LogP contribution in [0.5, 0.6) is 0 Å². The van der Waals surface area contributed by atoms with Crippen LogP contribution in [0.25, 0.3) is 0 Å². The number of rotatable bonds is 10. The van der Waals surface area contributed by atoms with Crippen molar-refractivity contribution < 1.29 is 28.7 Å². The van der Waals surface area contributed by atoms with E-state index in [9.17, 15) is 19.2 Å². The summed E-state index contributed by atoms with van der Waals surface area (Å²) in [6.45, 7) is 11.6. The molecule has 1 rings (SSSR count). The van der Waals surface area contributed by atoms with E-state index in [1.165, 1.54) is 13.8 Å². The fourth-order valence-corrected chi connectivity index (χ4v) is 2.85. The topological polar surface area (TPSA) is 111 Å². The monoisotopic (exact) mass is 448 g/mol. The number of Topliss-reactive ketones (excluding diaryl/α,β-unsaturated/α-hetero) is 1. The van der Waals surface area contributed by atoms with Gasteiger partial charge < -0.3 is 20.1 Å². The van der Waals surface area contributed by atoms with Gasteiger partial charge in [0, 0.05) is 0 Å². The first kappa shape index (κ1) is 27.1. The maximum absolute atomic E-state index is 13.2. The Morgan fingerprint density at radius 2 is 1.56 bits per heavy atom. The zero-order chi connectivity index (χ0) is 24.5. The van der Waals surface area contributed by atoms with Gasteiger partial charge in [-0.1, -0.05) is 44.2 Å². The Hall–Kier alpha value is -2.90. The molecule has 2 amide bonds. The van der Waals surface area contributed by atoms with Crippen LogP contribution in [0.4, 0.5) is 4.79 Å². The molecule has 0 saturated carbocycles. The number of hydrogen-bond donors (Lipinski definition) is 2. The first-order valence-electron chi connectivity index (χ1n) is 10.7. The molecule has 0 radical (unpaired) electrons. The highest BCUT2D eigenvalue weighted by molar-refractivity contribution is 6.06. The van der Waals surface area contributed by atoms with Crippen molar-refractivity contribution in [3.63, 3.8) is 0 Å². The van der Waals surface area contributed by atoms with Crippen LogP contribution in [-0.4, -0.2) is 41.9 Å². The Balaban J connectivity index is 2.76. The molecule has 0 aliphatic rings. The van der Waals surface area contributed by atoms with E-state index in [0.717, 1.165) is 5.56 Å². The van der Waals surface area contributed by atoms with Gasteiger partial charge in [0.1, 0.15) is 24.2 Å². The second-order valence-corrected chi connectivity index (χ2v) is 9.66. The second-order valence-electron chi connectivity index (χ2n) is 9.66. The fourth-order valence-electron chi connectivity index (χ4n) is 2.85. The molecule has 0 bridgehead atoms. The van der Waals surface area contributed by atoms with Crippen molar-refractivity contribution in [1.29, 1.82) is 0 Å². The van der Waals surface area contributed by atoms with E-state index in [1.54, 1.807) is 20.8 Å². The maximum atomic E-state index is 13.2. The zero-order valence-corrected chi connectivity index (χ0v) is 20.1. The van der Waals surface area contributed by atoms with Gasteiger partial charge in [-0.05, 0) is 52.5 Å². The number of ketones is 1. The molecule has 178 valence electrons. The number of nitrogens with one attached hydrogen (secondary N) is 2. The van der Waals surface area contributed by atoms with Crippen LogP contribution in [0.2, 0.25) is 0 Å². The average molecular weight is 449 g/mol. The first-order valence-corrected chi connectivity index (χ1v) is 10.7. The van der Waals surface area contributed by atoms with E-state index < -0.39 is 40.8 Å². The van der Waals surface area contributed by atoms with E-state index in [-0.39, 0.29) is 19.1 Å². The molecule has 0 aliphatic heterocycles. The largest absolute Gasteiger partial charge is 0.460 e. The lowest BCUT2D eigenvalue weighted by Gasteiger charge is -2.28. The van der Waals surface area contributed by atoms with Crippen molar-refractivity contribution in [2.45, 2.75) is 73.1 Å². The number of ether oxygens (including phenoxy) is 2. The van der Waals surface area contributed by atoms with Crippen LogP contribution >= 0.6 is 0 Å². The van der Waals surface area contributed by atoms with Gasteiger partial charge in [-0.25, -0.2) is 4.79 Å². The third-order valence-corrected chi connectivity index (χ3v) is 4.49. The molecule has 0 heterocycles. The number of amides is 2. The Bertz CT molecular complexity index is 796.